The number of guanidine groups is 1. The zero-order valence-electron chi connectivity index (χ0n) is 16.5. The van der Waals surface area contributed by atoms with Crippen LogP contribution in [0, 0.1) is 0 Å². The van der Waals surface area contributed by atoms with Gasteiger partial charge < -0.3 is 25.4 Å². The topological polar surface area (TPSA) is 89.4 Å². The standard InChI is InChI=1S/C19H29N5O3.HI/c1-20-19(21-12-14-11-16(27-2)5-6-17(14)25)24-9-7-23(8-10-24)13-18(26)22-15-3-4-15;/h5-6,11,15,25H,3-4,7-10,12-13H2,1-2H3,(H,20,21)(H,22,26);1H. The first-order valence-electron chi connectivity index (χ1n) is 9.42. The van der Waals surface area contributed by atoms with E-state index in [-0.39, 0.29) is 35.6 Å². The van der Waals surface area contributed by atoms with Crippen molar-refractivity contribution < 1.29 is 14.6 Å². The van der Waals surface area contributed by atoms with E-state index in [1.807, 2.05) is 6.07 Å². The summed E-state index contributed by atoms with van der Waals surface area (Å²) in [6.45, 7) is 4.18. The number of phenols is 1. The number of hydrogen-bond acceptors (Lipinski definition) is 5. The molecule has 8 nitrogen and oxygen atoms in total. The lowest BCUT2D eigenvalue weighted by Crippen LogP contribution is -2.54. The Hall–Kier alpha value is -1.75. The van der Waals surface area contributed by atoms with Gasteiger partial charge in [-0.25, -0.2) is 0 Å². The molecule has 0 bridgehead atoms. The molecule has 2 fully saturated rings. The van der Waals surface area contributed by atoms with Gasteiger partial charge in [-0.2, -0.15) is 0 Å². The van der Waals surface area contributed by atoms with Crippen molar-refractivity contribution in [1.29, 1.82) is 0 Å². The second-order valence-corrected chi connectivity index (χ2v) is 7.00. The molecule has 1 aromatic rings. The molecular weight excluding hydrogens is 473 g/mol. The van der Waals surface area contributed by atoms with Crippen molar-refractivity contribution in [2.75, 3.05) is 46.9 Å². The van der Waals surface area contributed by atoms with Crippen molar-refractivity contribution in [3.05, 3.63) is 23.8 Å². The van der Waals surface area contributed by atoms with E-state index in [1.54, 1.807) is 26.3 Å². The fourth-order valence-electron chi connectivity index (χ4n) is 3.16. The molecule has 9 heteroatoms. The smallest absolute Gasteiger partial charge is 0.234 e. The largest absolute Gasteiger partial charge is 0.508 e. The molecule has 1 aliphatic heterocycles. The van der Waals surface area contributed by atoms with Crippen LogP contribution in [0.1, 0.15) is 18.4 Å². The Labute approximate surface area is 183 Å². The molecule has 1 amide bonds. The first-order chi connectivity index (χ1) is 13.1. The van der Waals surface area contributed by atoms with Crippen LogP contribution in [0.15, 0.2) is 23.2 Å². The van der Waals surface area contributed by atoms with E-state index in [2.05, 4.69) is 25.4 Å². The van der Waals surface area contributed by atoms with Crippen LogP contribution < -0.4 is 15.4 Å². The second-order valence-electron chi connectivity index (χ2n) is 7.00. The van der Waals surface area contributed by atoms with Crippen LogP contribution in [0.5, 0.6) is 11.5 Å². The minimum Gasteiger partial charge on any atom is -0.508 e. The summed E-state index contributed by atoms with van der Waals surface area (Å²) >= 11 is 0. The molecule has 1 saturated heterocycles. The van der Waals surface area contributed by atoms with Gasteiger partial charge in [-0.15, -0.1) is 24.0 Å². The van der Waals surface area contributed by atoms with Gasteiger partial charge in [0.25, 0.3) is 0 Å². The first kappa shape index (κ1) is 22.5. The Bertz CT molecular complexity index is 688. The average molecular weight is 503 g/mol. The minimum absolute atomic E-state index is 0. The zero-order valence-corrected chi connectivity index (χ0v) is 18.8. The summed E-state index contributed by atoms with van der Waals surface area (Å²) in [4.78, 5) is 20.6. The van der Waals surface area contributed by atoms with Gasteiger partial charge in [-0.1, -0.05) is 0 Å². The number of benzene rings is 1. The Balaban J connectivity index is 0.00000280. The third-order valence-corrected chi connectivity index (χ3v) is 4.92. The van der Waals surface area contributed by atoms with Gasteiger partial charge in [0.05, 0.1) is 13.7 Å². The summed E-state index contributed by atoms with van der Waals surface area (Å²) < 4.78 is 5.21. The van der Waals surface area contributed by atoms with E-state index < -0.39 is 0 Å². The molecule has 1 saturated carbocycles. The normalized spacial score (nSPS) is 17.6. The summed E-state index contributed by atoms with van der Waals surface area (Å²) in [5.74, 6) is 1.85. The van der Waals surface area contributed by atoms with Crippen molar-refractivity contribution in [2.45, 2.75) is 25.4 Å². The third kappa shape index (κ3) is 6.40. The molecule has 0 spiro atoms. The average Bonchev–Trinajstić information content (AvgIpc) is 3.48. The maximum atomic E-state index is 11.9. The van der Waals surface area contributed by atoms with E-state index in [0.29, 0.717) is 24.9 Å². The highest BCUT2D eigenvalue weighted by molar-refractivity contribution is 14.0. The van der Waals surface area contributed by atoms with Gasteiger partial charge in [0.1, 0.15) is 11.5 Å². The van der Waals surface area contributed by atoms with Gasteiger partial charge in [-0.3, -0.25) is 14.7 Å². The summed E-state index contributed by atoms with van der Waals surface area (Å²) in [5, 5.41) is 16.4. The lowest BCUT2D eigenvalue weighted by molar-refractivity contribution is -0.122. The lowest BCUT2D eigenvalue weighted by Gasteiger charge is -2.36. The molecule has 1 heterocycles. The Kier molecular flexibility index (Phi) is 8.61. The van der Waals surface area contributed by atoms with Crippen molar-refractivity contribution in [2.24, 2.45) is 4.99 Å². The van der Waals surface area contributed by atoms with Crippen LogP contribution >= 0.6 is 24.0 Å². The number of halogens is 1. The van der Waals surface area contributed by atoms with Crippen molar-refractivity contribution in [3.8, 4) is 11.5 Å². The molecule has 0 atom stereocenters. The number of methoxy groups -OCH3 is 1. The molecule has 1 aliphatic carbocycles. The molecule has 0 aromatic heterocycles. The molecule has 28 heavy (non-hydrogen) atoms. The van der Waals surface area contributed by atoms with Gasteiger partial charge in [0, 0.05) is 51.4 Å². The fraction of sp³-hybridized carbons (Fsp3) is 0.579. The van der Waals surface area contributed by atoms with Crippen LogP contribution in [0.2, 0.25) is 0 Å². The summed E-state index contributed by atoms with van der Waals surface area (Å²) in [6, 6.07) is 5.58. The molecule has 1 aromatic carbocycles. The first-order valence-corrected chi connectivity index (χ1v) is 9.42. The number of piperazine rings is 1. The lowest BCUT2D eigenvalue weighted by atomic mass is 10.2. The number of phenolic OH excluding ortho intramolecular Hbond substituents is 1. The second kappa shape index (κ2) is 10.7. The number of aliphatic imine (C=N–C) groups is 1. The molecule has 0 radical (unpaired) electrons. The Morgan fingerprint density at radius 2 is 2.00 bits per heavy atom. The van der Waals surface area contributed by atoms with Gasteiger partial charge in [0.2, 0.25) is 5.91 Å². The number of nitrogens with zero attached hydrogens (tertiary/aromatic N) is 3. The summed E-state index contributed by atoms with van der Waals surface area (Å²) in [6.07, 6.45) is 2.23. The summed E-state index contributed by atoms with van der Waals surface area (Å²) in [7, 11) is 3.36. The number of amides is 1. The molecule has 0 unspecified atom stereocenters. The molecular formula is C19H30IN5O3. The van der Waals surface area contributed by atoms with Crippen LogP contribution in [0.3, 0.4) is 0 Å². The van der Waals surface area contributed by atoms with E-state index >= 15 is 0 Å². The minimum atomic E-state index is 0. The van der Waals surface area contributed by atoms with Crippen molar-refractivity contribution in [3.63, 3.8) is 0 Å². The number of aromatic hydroxyl groups is 1. The number of ether oxygens (including phenoxy) is 1. The van der Waals surface area contributed by atoms with Crippen molar-refractivity contribution >= 4 is 35.8 Å². The van der Waals surface area contributed by atoms with Crippen LogP contribution in [-0.2, 0) is 11.3 Å². The fourth-order valence-corrected chi connectivity index (χ4v) is 3.16. The quantitative estimate of drug-likeness (QED) is 0.305. The van der Waals surface area contributed by atoms with Gasteiger partial charge >= 0.3 is 0 Å². The van der Waals surface area contributed by atoms with E-state index in [4.69, 9.17) is 4.74 Å². The number of carbonyl (C=O) groups is 1. The summed E-state index contributed by atoms with van der Waals surface area (Å²) in [5.41, 5.74) is 0.755. The molecule has 3 rings (SSSR count). The molecule has 156 valence electrons. The zero-order chi connectivity index (χ0) is 19.2. The highest BCUT2D eigenvalue weighted by atomic mass is 127. The van der Waals surface area contributed by atoms with Crippen LogP contribution in [0.25, 0.3) is 0 Å². The monoisotopic (exact) mass is 503 g/mol. The van der Waals surface area contributed by atoms with E-state index in [1.165, 1.54) is 0 Å². The predicted molar refractivity (Wildman–Crippen MR) is 119 cm³/mol. The maximum Gasteiger partial charge on any atom is 0.234 e. The highest BCUT2D eigenvalue weighted by Gasteiger charge is 2.25. The highest BCUT2D eigenvalue weighted by Crippen LogP contribution is 2.22. The van der Waals surface area contributed by atoms with Crippen LogP contribution in [0.4, 0.5) is 0 Å². The molecule has 2 aliphatic rings. The Morgan fingerprint density at radius 1 is 1.29 bits per heavy atom. The molecule has 3 N–H and O–H groups in total. The third-order valence-electron chi connectivity index (χ3n) is 4.92. The number of rotatable bonds is 6. The Morgan fingerprint density at radius 3 is 2.61 bits per heavy atom. The number of hydrogen-bond donors (Lipinski definition) is 3. The van der Waals surface area contributed by atoms with Gasteiger partial charge in [0.15, 0.2) is 5.96 Å². The number of nitrogens with one attached hydrogen (secondary N) is 2. The van der Waals surface area contributed by atoms with E-state index in [9.17, 15) is 9.90 Å². The maximum absolute atomic E-state index is 11.9. The van der Waals surface area contributed by atoms with Crippen molar-refractivity contribution in [1.82, 2.24) is 20.4 Å². The number of carbonyl (C=O) groups excluding carboxylic acids is 1. The van der Waals surface area contributed by atoms with E-state index in [0.717, 1.165) is 50.5 Å². The predicted octanol–water partition coefficient (Wildman–Crippen LogP) is 0.990. The SMILES string of the molecule is CN=C(NCc1cc(OC)ccc1O)N1CCN(CC(=O)NC2CC2)CC1.I. The van der Waals surface area contributed by atoms with Gasteiger partial charge in [-0.05, 0) is 31.0 Å². The van der Waals surface area contributed by atoms with Crippen LogP contribution in [-0.4, -0.2) is 79.7 Å².